The van der Waals surface area contributed by atoms with Crippen molar-refractivity contribution >= 4 is 5.97 Å². The average molecular weight is 256 g/mol. The van der Waals surface area contributed by atoms with Crippen LogP contribution in [0.25, 0.3) is 0 Å². The van der Waals surface area contributed by atoms with Crippen LogP contribution in [0.1, 0.15) is 28.4 Å². The van der Waals surface area contributed by atoms with Crippen molar-refractivity contribution in [1.82, 2.24) is 0 Å². The van der Waals surface area contributed by atoms with E-state index in [1.807, 2.05) is 30.3 Å². The van der Waals surface area contributed by atoms with E-state index in [4.69, 9.17) is 9.84 Å². The topological polar surface area (TPSA) is 46.5 Å². The number of carboxylic acid groups (broad SMARTS) is 1. The molecular formula is C16H16O3. The van der Waals surface area contributed by atoms with Crippen molar-refractivity contribution in [3.63, 3.8) is 0 Å². The van der Waals surface area contributed by atoms with E-state index in [2.05, 4.69) is 6.92 Å². The first-order chi connectivity index (χ1) is 9.19. The summed E-state index contributed by atoms with van der Waals surface area (Å²) >= 11 is 0. The van der Waals surface area contributed by atoms with Gasteiger partial charge >= 0.3 is 5.97 Å². The molecule has 0 spiro atoms. The van der Waals surface area contributed by atoms with Gasteiger partial charge in [0.2, 0.25) is 0 Å². The van der Waals surface area contributed by atoms with Gasteiger partial charge in [-0.05, 0) is 41.8 Å². The molecule has 0 amide bonds. The maximum Gasteiger partial charge on any atom is 0.335 e. The average Bonchev–Trinajstić information content (AvgIpc) is 2.46. The Morgan fingerprint density at radius 2 is 1.84 bits per heavy atom. The monoisotopic (exact) mass is 256 g/mol. The Hall–Kier alpha value is -2.29. The number of ether oxygens (including phenoxy) is 1. The molecule has 0 bridgehead atoms. The molecule has 0 radical (unpaired) electrons. The highest BCUT2D eigenvalue weighted by Crippen LogP contribution is 2.15. The highest BCUT2D eigenvalue weighted by Gasteiger charge is 2.03. The number of rotatable bonds is 5. The molecule has 0 saturated carbocycles. The second-order valence-electron chi connectivity index (χ2n) is 4.29. The number of hydrogen-bond donors (Lipinski definition) is 1. The van der Waals surface area contributed by atoms with Crippen LogP contribution in [0, 0.1) is 0 Å². The van der Waals surface area contributed by atoms with Crippen molar-refractivity contribution in [2.24, 2.45) is 0 Å². The molecule has 0 heterocycles. The number of benzene rings is 2. The Morgan fingerprint density at radius 1 is 1.11 bits per heavy atom. The lowest BCUT2D eigenvalue weighted by Crippen LogP contribution is -2.00. The third-order valence-electron chi connectivity index (χ3n) is 2.91. The molecule has 0 fully saturated rings. The van der Waals surface area contributed by atoms with Gasteiger partial charge in [-0.1, -0.05) is 31.2 Å². The SMILES string of the molecule is CCc1ccc(OCc2cccc(C(=O)O)c2)cc1. The van der Waals surface area contributed by atoms with E-state index in [-0.39, 0.29) is 5.56 Å². The third-order valence-corrected chi connectivity index (χ3v) is 2.91. The number of aryl methyl sites for hydroxylation is 1. The third kappa shape index (κ3) is 3.58. The van der Waals surface area contributed by atoms with Crippen LogP contribution in [0.3, 0.4) is 0 Å². The molecule has 1 N–H and O–H groups in total. The van der Waals surface area contributed by atoms with E-state index < -0.39 is 5.97 Å². The standard InChI is InChI=1S/C16H16O3/c1-2-12-6-8-15(9-7-12)19-11-13-4-3-5-14(10-13)16(17)18/h3-10H,2,11H2,1H3,(H,17,18). The molecule has 0 atom stereocenters. The van der Waals surface area contributed by atoms with E-state index >= 15 is 0 Å². The zero-order valence-corrected chi connectivity index (χ0v) is 10.8. The normalized spacial score (nSPS) is 10.2. The molecule has 2 rings (SSSR count). The van der Waals surface area contributed by atoms with Gasteiger partial charge in [0, 0.05) is 0 Å². The number of hydrogen-bond acceptors (Lipinski definition) is 2. The van der Waals surface area contributed by atoms with E-state index in [0.717, 1.165) is 17.7 Å². The Kier molecular flexibility index (Phi) is 4.18. The first-order valence-electron chi connectivity index (χ1n) is 6.23. The first-order valence-corrected chi connectivity index (χ1v) is 6.23. The Balaban J connectivity index is 2.01. The van der Waals surface area contributed by atoms with Gasteiger partial charge in [0.25, 0.3) is 0 Å². The molecule has 98 valence electrons. The maximum atomic E-state index is 10.9. The zero-order valence-electron chi connectivity index (χ0n) is 10.8. The summed E-state index contributed by atoms with van der Waals surface area (Å²) in [5.74, 6) is -0.132. The minimum absolute atomic E-state index is 0.280. The minimum Gasteiger partial charge on any atom is -0.489 e. The van der Waals surface area contributed by atoms with Crippen LogP contribution in [0.5, 0.6) is 5.75 Å². The molecule has 3 nitrogen and oxygen atoms in total. The molecule has 0 aliphatic heterocycles. The van der Waals surface area contributed by atoms with Gasteiger partial charge < -0.3 is 9.84 Å². The molecule has 0 aliphatic carbocycles. The van der Waals surface area contributed by atoms with Gasteiger partial charge in [-0.3, -0.25) is 0 Å². The Bertz CT molecular complexity index is 558. The van der Waals surface area contributed by atoms with E-state index in [0.29, 0.717) is 6.61 Å². The van der Waals surface area contributed by atoms with Gasteiger partial charge in [-0.2, -0.15) is 0 Å². The molecule has 0 saturated heterocycles. The summed E-state index contributed by atoms with van der Waals surface area (Å²) in [4.78, 5) is 10.9. The van der Waals surface area contributed by atoms with Gasteiger partial charge in [0.05, 0.1) is 5.56 Å². The summed E-state index contributed by atoms with van der Waals surface area (Å²) in [5, 5.41) is 8.91. The molecule has 19 heavy (non-hydrogen) atoms. The second-order valence-corrected chi connectivity index (χ2v) is 4.29. The van der Waals surface area contributed by atoms with Gasteiger partial charge in [0.1, 0.15) is 12.4 Å². The number of carbonyl (C=O) groups is 1. The predicted octanol–water partition coefficient (Wildman–Crippen LogP) is 3.53. The molecular weight excluding hydrogens is 240 g/mol. The quantitative estimate of drug-likeness (QED) is 0.890. The van der Waals surface area contributed by atoms with Crippen molar-refractivity contribution in [3.05, 3.63) is 65.2 Å². The largest absolute Gasteiger partial charge is 0.489 e. The van der Waals surface area contributed by atoms with Crippen LogP contribution < -0.4 is 4.74 Å². The lowest BCUT2D eigenvalue weighted by atomic mass is 10.1. The predicted molar refractivity (Wildman–Crippen MR) is 73.6 cm³/mol. The maximum absolute atomic E-state index is 10.9. The summed E-state index contributed by atoms with van der Waals surface area (Å²) in [6, 6.07) is 14.7. The zero-order chi connectivity index (χ0) is 13.7. The van der Waals surface area contributed by atoms with Gasteiger partial charge in [0.15, 0.2) is 0 Å². The molecule has 0 unspecified atom stereocenters. The van der Waals surface area contributed by atoms with Crippen LogP contribution >= 0.6 is 0 Å². The number of aromatic carboxylic acids is 1. The van der Waals surface area contributed by atoms with Gasteiger partial charge in [-0.25, -0.2) is 4.79 Å². The smallest absolute Gasteiger partial charge is 0.335 e. The highest BCUT2D eigenvalue weighted by atomic mass is 16.5. The molecule has 2 aromatic carbocycles. The molecule has 3 heteroatoms. The summed E-state index contributed by atoms with van der Waals surface area (Å²) < 4.78 is 5.63. The molecule has 0 aliphatic rings. The second kappa shape index (κ2) is 6.05. The minimum atomic E-state index is -0.922. The van der Waals surface area contributed by atoms with E-state index in [1.165, 1.54) is 5.56 Å². The van der Waals surface area contributed by atoms with Crippen molar-refractivity contribution in [3.8, 4) is 5.75 Å². The Morgan fingerprint density at radius 3 is 2.47 bits per heavy atom. The molecule has 2 aromatic rings. The fourth-order valence-corrected chi connectivity index (χ4v) is 1.78. The summed E-state index contributed by atoms with van der Waals surface area (Å²) in [5.41, 5.74) is 2.39. The van der Waals surface area contributed by atoms with Gasteiger partial charge in [-0.15, -0.1) is 0 Å². The first kappa shape index (κ1) is 13.1. The summed E-state index contributed by atoms with van der Waals surface area (Å²) in [7, 11) is 0. The van der Waals surface area contributed by atoms with Crippen LogP contribution in [-0.4, -0.2) is 11.1 Å². The summed E-state index contributed by atoms with van der Waals surface area (Å²) in [6.07, 6.45) is 1.00. The van der Waals surface area contributed by atoms with Crippen LogP contribution in [0.15, 0.2) is 48.5 Å². The van der Waals surface area contributed by atoms with Crippen molar-refractivity contribution < 1.29 is 14.6 Å². The Labute approximate surface area is 112 Å². The van der Waals surface area contributed by atoms with Crippen molar-refractivity contribution in [2.45, 2.75) is 20.0 Å². The van der Waals surface area contributed by atoms with Crippen molar-refractivity contribution in [2.75, 3.05) is 0 Å². The number of carboxylic acids is 1. The van der Waals surface area contributed by atoms with Crippen molar-refractivity contribution in [1.29, 1.82) is 0 Å². The summed E-state index contributed by atoms with van der Waals surface area (Å²) in [6.45, 7) is 2.47. The fraction of sp³-hybridized carbons (Fsp3) is 0.188. The van der Waals surface area contributed by atoms with Crippen LogP contribution in [-0.2, 0) is 13.0 Å². The molecule has 0 aromatic heterocycles. The van der Waals surface area contributed by atoms with Crippen LogP contribution in [0.4, 0.5) is 0 Å². The van der Waals surface area contributed by atoms with E-state index in [9.17, 15) is 4.79 Å². The lowest BCUT2D eigenvalue weighted by molar-refractivity contribution is 0.0696. The highest BCUT2D eigenvalue weighted by molar-refractivity contribution is 5.87. The van der Waals surface area contributed by atoms with Crippen LogP contribution in [0.2, 0.25) is 0 Å². The lowest BCUT2D eigenvalue weighted by Gasteiger charge is -2.07. The van der Waals surface area contributed by atoms with E-state index in [1.54, 1.807) is 18.2 Å². The fourth-order valence-electron chi connectivity index (χ4n) is 1.78.